The first kappa shape index (κ1) is 50.5. The molecule has 36 heteroatoms. The van der Waals surface area contributed by atoms with Gasteiger partial charge < -0.3 is 4.74 Å². The molecule has 1 rings (SSSR count). The van der Waals surface area contributed by atoms with Crippen molar-refractivity contribution in [2.75, 3.05) is 26.2 Å². The number of rotatable bonds is 14. The maximum absolute atomic E-state index is 14.7. The molecule has 0 aromatic heterocycles. The molecule has 0 radical (unpaired) electrons. The molecule has 0 N–H and O–H groups in total. The van der Waals surface area contributed by atoms with Gasteiger partial charge in [-0.1, -0.05) is 0 Å². The maximum atomic E-state index is 14.7. The van der Waals surface area contributed by atoms with Gasteiger partial charge in [0, 0.05) is 19.6 Å². The lowest BCUT2D eigenvalue weighted by Crippen LogP contribution is -2.74. The van der Waals surface area contributed by atoms with Gasteiger partial charge in [-0.15, -0.1) is 0 Å². The summed E-state index contributed by atoms with van der Waals surface area (Å²) in [6, 6.07) is -4.10. The summed E-state index contributed by atoms with van der Waals surface area (Å²) >= 11 is 0. The van der Waals surface area contributed by atoms with Gasteiger partial charge in [0.1, 0.15) is 6.04 Å². The van der Waals surface area contributed by atoms with Gasteiger partial charge in [-0.3, -0.25) is 4.79 Å². The summed E-state index contributed by atoms with van der Waals surface area (Å²) in [5.41, 5.74) is 0. The number of piperazine rings is 1. The molecule has 8 nitrogen and oxygen atoms in total. The van der Waals surface area contributed by atoms with Crippen LogP contribution in [0.25, 0.3) is 0 Å². The van der Waals surface area contributed by atoms with E-state index in [2.05, 4.69) is 4.74 Å². The number of esters is 1. The van der Waals surface area contributed by atoms with E-state index in [1.54, 1.807) is 0 Å². The Morgan fingerprint density at radius 3 is 1.07 bits per heavy atom. The quantitative estimate of drug-likeness (QED) is 0.144. The smallest absolute Gasteiger partial charge is 0.460 e. The molecule has 0 aromatic rings. The van der Waals surface area contributed by atoms with E-state index in [4.69, 9.17) is 0 Å². The van der Waals surface area contributed by atoms with Gasteiger partial charge in [0.25, 0.3) is 20.0 Å². The highest BCUT2D eigenvalue weighted by Gasteiger charge is 2.94. The third-order valence-electron chi connectivity index (χ3n) is 6.96. The molecule has 0 saturated carbocycles. The van der Waals surface area contributed by atoms with Crippen LogP contribution in [0, 0.1) is 0 Å². The Bertz CT molecular complexity index is 1670. The number of hydrogen-bond donors (Lipinski definition) is 0. The Morgan fingerprint density at radius 2 is 0.782 bits per heavy atom. The molecule has 1 unspecified atom stereocenters. The lowest BCUT2D eigenvalue weighted by atomic mass is 9.98. The van der Waals surface area contributed by atoms with Crippen molar-refractivity contribution < 1.29 is 141 Å². The molecule has 1 saturated heterocycles. The van der Waals surface area contributed by atoms with Crippen molar-refractivity contribution in [2.45, 2.75) is 83.2 Å². The molecule has 55 heavy (non-hydrogen) atoms. The van der Waals surface area contributed by atoms with Crippen LogP contribution in [0.3, 0.4) is 0 Å². The Morgan fingerprint density at radius 1 is 0.491 bits per heavy atom. The fourth-order valence-corrected chi connectivity index (χ4v) is 6.81. The fraction of sp³-hybridized carbons (Fsp3) is 0.947. The lowest BCUT2D eigenvalue weighted by molar-refractivity contribution is -0.433. The number of alkyl halides is 26. The van der Waals surface area contributed by atoms with E-state index in [1.165, 1.54) is 0 Å². The zero-order chi connectivity index (χ0) is 44.8. The minimum atomic E-state index is -8.87. The number of halogens is 26. The minimum absolute atomic E-state index is 0.550. The van der Waals surface area contributed by atoms with E-state index in [1.807, 2.05) is 0 Å². The highest BCUT2D eigenvalue weighted by atomic mass is 32.2. The molecule has 0 spiro atoms. The normalized spacial score (nSPS) is 19.8. The largest absolute Gasteiger partial charge is 0.465 e. The number of sulfonamides is 2. The predicted molar refractivity (Wildman–Crippen MR) is 118 cm³/mol. The van der Waals surface area contributed by atoms with Crippen LogP contribution in [0.4, 0.5) is 114 Å². The van der Waals surface area contributed by atoms with Crippen molar-refractivity contribution in [3.05, 3.63) is 0 Å². The Kier molecular flexibility index (Phi) is 12.4. The molecule has 0 aromatic carbocycles. The van der Waals surface area contributed by atoms with E-state index >= 15 is 0 Å². The van der Waals surface area contributed by atoms with E-state index in [0.29, 0.717) is 6.92 Å². The Hall–Kier alpha value is -2.53. The second kappa shape index (κ2) is 13.5. The molecule has 0 aliphatic carbocycles. The monoisotopic (exact) mass is 922 g/mol. The number of carbonyl (C=O) groups is 1. The Balaban J connectivity index is 3.92. The SMILES string of the molecule is CCOC(=O)C1CN(S(=O)(=O)C(F)(F)C(F)(F)C(F)(F)C(F)(F)C(F)(F)C(F)(F)F)CCN1S(=O)(=O)C(F)(F)C(F)(F)C(F)(F)C(F)(F)C(F)(F)C(F)(F)F. The third kappa shape index (κ3) is 6.67. The maximum Gasteiger partial charge on any atom is 0.460 e. The summed E-state index contributed by atoms with van der Waals surface area (Å²) in [5, 5.41) is -16.4. The first-order valence-corrected chi connectivity index (χ1v) is 15.5. The number of nitrogens with zero attached hydrogens (tertiary/aromatic N) is 2. The molecule has 328 valence electrons. The van der Waals surface area contributed by atoms with Crippen molar-refractivity contribution in [1.82, 2.24) is 8.61 Å². The fourth-order valence-electron chi connectivity index (χ4n) is 3.82. The van der Waals surface area contributed by atoms with Crippen molar-refractivity contribution in [2.24, 2.45) is 0 Å². The van der Waals surface area contributed by atoms with Gasteiger partial charge in [0.15, 0.2) is 0 Å². The van der Waals surface area contributed by atoms with E-state index in [9.17, 15) is 136 Å². The summed E-state index contributed by atoms with van der Waals surface area (Å²) in [6.07, 6.45) is -16.0. The molecule has 1 fully saturated rings. The first-order chi connectivity index (χ1) is 23.6. The molecule has 0 amide bonds. The molecule has 1 aliphatic rings. The van der Waals surface area contributed by atoms with Crippen LogP contribution in [0.1, 0.15) is 6.92 Å². The summed E-state index contributed by atoms with van der Waals surface area (Å²) in [5.74, 6) is -72.4. The van der Waals surface area contributed by atoms with Crippen LogP contribution in [-0.4, -0.2) is 134 Å². The van der Waals surface area contributed by atoms with Crippen LogP contribution in [-0.2, 0) is 29.6 Å². The average molecular weight is 922 g/mol. The van der Waals surface area contributed by atoms with Crippen molar-refractivity contribution in [1.29, 1.82) is 0 Å². The molecule has 0 bridgehead atoms. The third-order valence-corrected chi connectivity index (χ3v) is 10.8. The summed E-state index contributed by atoms with van der Waals surface area (Å²) in [7, 11) is -16.7. The number of ether oxygens (including phenoxy) is 1. The highest BCUT2D eigenvalue weighted by molar-refractivity contribution is 7.90. The zero-order valence-corrected chi connectivity index (χ0v) is 26.5. The van der Waals surface area contributed by atoms with Crippen LogP contribution < -0.4 is 0 Å². The number of hydrogen-bond acceptors (Lipinski definition) is 6. The molecule has 1 atom stereocenters. The van der Waals surface area contributed by atoms with Gasteiger partial charge in [-0.25, -0.2) is 16.8 Å². The summed E-state index contributed by atoms with van der Waals surface area (Å²) < 4.78 is 401. The summed E-state index contributed by atoms with van der Waals surface area (Å²) in [4.78, 5) is 12.2. The molecule has 1 aliphatic heterocycles. The molecule has 1 heterocycles. The predicted octanol–water partition coefficient (Wildman–Crippen LogP) is 6.59. The number of carbonyl (C=O) groups excluding carboxylic acids is 1. The second-order valence-corrected chi connectivity index (χ2v) is 14.3. The van der Waals surface area contributed by atoms with Crippen LogP contribution in [0.2, 0.25) is 0 Å². The van der Waals surface area contributed by atoms with Gasteiger partial charge in [-0.2, -0.15) is 123 Å². The van der Waals surface area contributed by atoms with Crippen molar-refractivity contribution in [3.63, 3.8) is 0 Å². The second-order valence-electron chi connectivity index (χ2n) is 10.4. The van der Waals surface area contributed by atoms with Crippen molar-refractivity contribution in [3.8, 4) is 0 Å². The van der Waals surface area contributed by atoms with Crippen molar-refractivity contribution >= 4 is 26.0 Å². The van der Waals surface area contributed by atoms with Gasteiger partial charge in [0.05, 0.1) is 6.61 Å². The van der Waals surface area contributed by atoms with E-state index in [0.717, 1.165) is 0 Å². The minimum Gasteiger partial charge on any atom is -0.465 e. The Labute approximate surface area is 285 Å². The van der Waals surface area contributed by atoms with Gasteiger partial charge in [0.2, 0.25) is 0 Å². The van der Waals surface area contributed by atoms with Gasteiger partial charge in [-0.05, 0) is 6.92 Å². The standard InChI is InChI=1S/C19H12F26N2O6S2/c1-2-53-7(48)6-5-46(54(49,50)18(42,43)14(32,33)10(24,25)8(20,21)12(28,29)16(36,37)38)3-4-47(6)55(51,52)19(44,45)15(34,35)11(26,27)9(22,23)13(30,31)17(39,40)41/h6H,2-5H2,1H3. The van der Waals surface area contributed by atoms with Crippen LogP contribution >= 0.6 is 0 Å². The van der Waals surface area contributed by atoms with Crippen LogP contribution in [0.5, 0.6) is 0 Å². The first-order valence-electron chi connectivity index (χ1n) is 12.7. The topological polar surface area (TPSA) is 101 Å². The van der Waals surface area contributed by atoms with Crippen LogP contribution in [0.15, 0.2) is 0 Å². The zero-order valence-electron chi connectivity index (χ0n) is 24.9. The summed E-state index contributed by atoms with van der Waals surface area (Å²) in [6.45, 7) is -9.59. The van der Waals surface area contributed by atoms with E-state index < -0.39 is 137 Å². The molecular formula is C19H12F26N2O6S2. The van der Waals surface area contributed by atoms with E-state index in [-0.39, 0.29) is 0 Å². The average Bonchev–Trinajstić information content (AvgIpc) is 2.98. The lowest BCUT2D eigenvalue weighted by Gasteiger charge is -2.44. The highest BCUT2D eigenvalue weighted by Crippen LogP contribution is 2.63. The molecular weight excluding hydrogens is 910 g/mol. The van der Waals surface area contributed by atoms with Gasteiger partial charge >= 0.3 is 76.2 Å².